The van der Waals surface area contributed by atoms with Crippen LogP contribution in [0.3, 0.4) is 0 Å². The maximum Gasteiger partial charge on any atom is 0.416 e. The van der Waals surface area contributed by atoms with Gasteiger partial charge in [0.25, 0.3) is 5.56 Å². The number of carbonyl (C=O) groups is 1. The number of amides is 1. The fraction of sp³-hybridized carbons (Fsp3) is 0.238. The summed E-state index contributed by atoms with van der Waals surface area (Å²) in [6.07, 6.45) is -1.67. The van der Waals surface area contributed by atoms with E-state index in [0.717, 1.165) is 12.1 Å². The minimum absolute atomic E-state index is 0.0617. The SMILES string of the molecule is Cc1nc(-c2ccncc2)[nH]c(=O)c1CCC(=O)NCc1ccc(F)cc1C(F)(F)F. The van der Waals surface area contributed by atoms with E-state index < -0.39 is 35.6 Å². The summed E-state index contributed by atoms with van der Waals surface area (Å²) >= 11 is 0. The molecule has 6 nitrogen and oxygen atoms in total. The first-order valence-corrected chi connectivity index (χ1v) is 9.27. The number of benzene rings is 1. The zero-order chi connectivity index (χ0) is 22.6. The van der Waals surface area contributed by atoms with Gasteiger partial charge < -0.3 is 10.3 Å². The van der Waals surface area contributed by atoms with Gasteiger partial charge in [0.1, 0.15) is 11.6 Å². The number of hydrogen-bond acceptors (Lipinski definition) is 4. The minimum atomic E-state index is -4.74. The quantitative estimate of drug-likeness (QED) is 0.581. The van der Waals surface area contributed by atoms with Crippen molar-refractivity contribution in [2.24, 2.45) is 0 Å². The number of nitrogens with one attached hydrogen (secondary N) is 2. The van der Waals surface area contributed by atoms with E-state index in [0.29, 0.717) is 28.7 Å². The smallest absolute Gasteiger partial charge is 0.352 e. The van der Waals surface area contributed by atoms with Crippen LogP contribution < -0.4 is 10.9 Å². The standard InChI is InChI=1S/C21H18F4N4O2/c1-12-16(20(31)29-19(28-12)13-6-8-26-9-7-13)4-5-18(30)27-11-14-2-3-15(22)10-17(14)21(23,24)25/h2-3,6-10H,4-5,11H2,1H3,(H,27,30)(H,28,29,31). The van der Waals surface area contributed by atoms with Gasteiger partial charge in [-0.3, -0.25) is 14.6 Å². The summed E-state index contributed by atoms with van der Waals surface area (Å²) in [5, 5.41) is 2.38. The highest BCUT2D eigenvalue weighted by Crippen LogP contribution is 2.32. The lowest BCUT2D eigenvalue weighted by molar-refractivity contribution is -0.138. The summed E-state index contributed by atoms with van der Waals surface area (Å²) in [6, 6.07) is 5.65. The molecule has 0 radical (unpaired) electrons. The summed E-state index contributed by atoms with van der Waals surface area (Å²) in [5.74, 6) is -1.19. The normalized spacial score (nSPS) is 11.4. The van der Waals surface area contributed by atoms with Crippen molar-refractivity contribution < 1.29 is 22.4 Å². The van der Waals surface area contributed by atoms with E-state index in [9.17, 15) is 27.2 Å². The van der Waals surface area contributed by atoms with Gasteiger partial charge in [0, 0.05) is 42.2 Å². The highest BCUT2D eigenvalue weighted by molar-refractivity contribution is 5.76. The third-order valence-corrected chi connectivity index (χ3v) is 4.63. The van der Waals surface area contributed by atoms with Crippen LogP contribution in [-0.2, 0) is 23.9 Å². The summed E-state index contributed by atoms with van der Waals surface area (Å²) in [7, 11) is 0. The van der Waals surface area contributed by atoms with E-state index in [1.54, 1.807) is 31.5 Å². The summed E-state index contributed by atoms with van der Waals surface area (Å²) < 4.78 is 52.3. The monoisotopic (exact) mass is 434 g/mol. The number of rotatable bonds is 6. The molecule has 162 valence electrons. The molecule has 31 heavy (non-hydrogen) atoms. The lowest BCUT2D eigenvalue weighted by Gasteiger charge is -2.14. The van der Waals surface area contributed by atoms with Crippen LogP contribution in [0.25, 0.3) is 11.4 Å². The van der Waals surface area contributed by atoms with Crippen molar-refractivity contribution >= 4 is 5.91 Å². The second-order valence-electron chi connectivity index (χ2n) is 6.79. The summed E-state index contributed by atoms with van der Waals surface area (Å²) in [5.41, 5.74) is -0.355. The Kier molecular flexibility index (Phi) is 6.47. The Morgan fingerprint density at radius 2 is 1.87 bits per heavy atom. The maximum absolute atomic E-state index is 13.2. The molecule has 3 rings (SSSR count). The summed E-state index contributed by atoms with van der Waals surface area (Å²) in [6.45, 7) is 1.23. The van der Waals surface area contributed by atoms with E-state index in [2.05, 4.69) is 20.3 Å². The van der Waals surface area contributed by atoms with Gasteiger partial charge in [0.2, 0.25) is 5.91 Å². The maximum atomic E-state index is 13.2. The molecule has 0 bridgehead atoms. The van der Waals surface area contributed by atoms with Gasteiger partial charge >= 0.3 is 6.18 Å². The number of nitrogens with zero attached hydrogens (tertiary/aromatic N) is 2. The predicted octanol–water partition coefficient (Wildman–Crippen LogP) is 3.55. The van der Waals surface area contributed by atoms with Gasteiger partial charge in [-0.1, -0.05) is 6.07 Å². The van der Waals surface area contributed by atoms with E-state index in [4.69, 9.17) is 0 Å². The van der Waals surface area contributed by atoms with Gasteiger partial charge in [-0.2, -0.15) is 13.2 Å². The Balaban J connectivity index is 1.65. The van der Waals surface area contributed by atoms with Gasteiger partial charge in [-0.05, 0) is 43.2 Å². The number of halogens is 4. The molecule has 3 aromatic rings. The topological polar surface area (TPSA) is 87.7 Å². The molecule has 0 saturated heterocycles. The highest BCUT2D eigenvalue weighted by atomic mass is 19.4. The van der Waals surface area contributed by atoms with Crippen molar-refractivity contribution in [3.05, 3.63) is 81.3 Å². The molecule has 0 unspecified atom stereocenters. The third kappa shape index (κ3) is 5.53. The van der Waals surface area contributed by atoms with Crippen LogP contribution in [0.5, 0.6) is 0 Å². The largest absolute Gasteiger partial charge is 0.416 e. The molecule has 1 amide bonds. The molecule has 0 atom stereocenters. The first-order valence-electron chi connectivity index (χ1n) is 9.27. The van der Waals surface area contributed by atoms with Crippen molar-refractivity contribution in [2.75, 3.05) is 0 Å². The lowest BCUT2D eigenvalue weighted by atomic mass is 10.1. The van der Waals surface area contributed by atoms with Crippen LogP contribution in [0.2, 0.25) is 0 Å². The van der Waals surface area contributed by atoms with Crippen molar-refractivity contribution in [1.29, 1.82) is 0 Å². The molecule has 0 aliphatic heterocycles. The van der Waals surface area contributed by atoms with Gasteiger partial charge in [-0.25, -0.2) is 9.37 Å². The number of aromatic amines is 1. The van der Waals surface area contributed by atoms with Gasteiger partial charge in [0.05, 0.1) is 5.56 Å². The molecule has 0 saturated carbocycles. The van der Waals surface area contributed by atoms with Crippen molar-refractivity contribution in [2.45, 2.75) is 32.5 Å². The average molecular weight is 434 g/mol. The Hall–Kier alpha value is -3.56. The first kappa shape index (κ1) is 22.1. The van der Waals surface area contributed by atoms with Crippen LogP contribution in [0.1, 0.15) is 28.8 Å². The Bertz CT molecular complexity index is 1140. The zero-order valence-corrected chi connectivity index (χ0v) is 16.4. The number of H-pyrrole nitrogens is 1. The molecular formula is C21H18F4N4O2. The van der Waals surface area contributed by atoms with Crippen molar-refractivity contribution in [1.82, 2.24) is 20.3 Å². The number of aryl methyl sites for hydroxylation is 1. The van der Waals surface area contributed by atoms with Crippen LogP contribution in [0.4, 0.5) is 17.6 Å². The number of alkyl halides is 3. The van der Waals surface area contributed by atoms with E-state index >= 15 is 0 Å². The Morgan fingerprint density at radius 1 is 1.16 bits per heavy atom. The molecule has 2 aromatic heterocycles. The molecular weight excluding hydrogens is 416 g/mol. The first-order chi connectivity index (χ1) is 14.6. The molecule has 0 fully saturated rings. The van der Waals surface area contributed by atoms with E-state index in [-0.39, 0.29) is 18.4 Å². The summed E-state index contributed by atoms with van der Waals surface area (Å²) in [4.78, 5) is 35.4. The molecule has 0 aliphatic carbocycles. The zero-order valence-electron chi connectivity index (χ0n) is 16.4. The van der Waals surface area contributed by atoms with Crippen LogP contribution in [0.15, 0.2) is 47.5 Å². The van der Waals surface area contributed by atoms with Crippen LogP contribution in [0, 0.1) is 12.7 Å². The number of hydrogen-bond donors (Lipinski definition) is 2. The Morgan fingerprint density at radius 3 is 2.52 bits per heavy atom. The molecule has 2 N–H and O–H groups in total. The van der Waals surface area contributed by atoms with Crippen molar-refractivity contribution in [3.8, 4) is 11.4 Å². The Labute approximate surface area is 174 Å². The predicted molar refractivity (Wildman–Crippen MR) is 104 cm³/mol. The molecule has 0 aliphatic rings. The average Bonchev–Trinajstić information content (AvgIpc) is 2.72. The fourth-order valence-corrected chi connectivity index (χ4v) is 3.04. The van der Waals surface area contributed by atoms with Crippen LogP contribution >= 0.6 is 0 Å². The third-order valence-electron chi connectivity index (χ3n) is 4.63. The minimum Gasteiger partial charge on any atom is -0.352 e. The highest BCUT2D eigenvalue weighted by Gasteiger charge is 2.33. The lowest BCUT2D eigenvalue weighted by Crippen LogP contribution is -2.26. The number of carbonyl (C=O) groups excluding carboxylic acids is 1. The van der Waals surface area contributed by atoms with Gasteiger partial charge in [-0.15, -0.1) is 0 Å². The molecule has 2 heterocycles. The number of pyridine rings is 1. The second kappa shape index (κ2) is 9.07. The van der Waals surface area contributed by atoms with Gasteiger partial charge in [0.15, 0.2) is 0 Å². The second-order valence-corrected chi connectivity index (χ2v) is 6.79. The fourth-order valence-electron chi connectivity index (χ4n) is 3.04. The van der Waals surface area contributed by atoms with E-state index in [1.807, 2.05) is 0 Å². The molecule has 1 aromatic carbocycles. The molecule has 10 heteroatoms. The molecule has 0 spiro atoms. The number of aromatic nitrogens is 3. The van der Waals surface area contributed by atoms with Crippen LogP contribution in [-0.4, -0.2) is 20.9 Å². The van der Waals surface area contributed by atoms with Crippen molar-refractivity contribution in [3.63, 3.8) is 0 Å². The van der Waals surface area contributed by atoms with E-state index in [1.165, 1.54) is 0 Å².